The Morgan fingerprint density at radius 1 is 1.03 bits per heavy atom. The van der Waals surface area contributed by atoms with Crippen LogP contribution in [0.1, 0.15) is 18.1 Å². The fourth-order valence-electron chi connectivity index (χ4n) is 3.12. The monoisotopic (exact) mass is 566 g/mol. The van der Waals surface area contributed by atoms with Crippen molar-refractivity contribution in [1.29, 1.82) is 5.26 Å². The number of hydrogen-bond donors (Lipinski definition) is 1. The lowest BCUT2D eigenvalue weighted by Gasteiger charge is -2.14. The molecule has 0 aliphatic heterocycles. The molecule has 0 saturated carbocycles. The molecule has 0 bridgehead atoms. The van der Waals surface area contributed by atoms with E-state index in [2.05, 4.69) is 21.2 Å². The third-order valence-electron chi connectivity index (χ3n) is 4.88. The second-order valence-corrected chi connectivity index (χ2v) is 8.25. The van der Waals surface area contributed by atoms with Gasteiger partial charge in [0.2, 0.25) is 0 Å². The number of nitrogens with zero attached hydrogens (tertiary/aromatic N) is 3. The molecule has 0 aromatic heterocycles. The average Bonchev–Trinajstić information content (AvgIpc) is 2.88. The summed E-state index contributed by atoms with van der Waals surface area (Å²) in [6.07, 6.45) is 1.35. The number of hydrogen-bond acceptors (Lipinski definition) is 8. The number of benzene rings is 3. The van der Waals surface area contributed by atoms with Crippen molar-refractivity contribution in [2.75, 3.05) is 11.9 Å². The number of nitrogens with one attached hydrogen (secondary N) is 1. The molecular formula is C25H19BrN4O7. The number of anilines is 1. The van der Waals surface area contributed by atoms with Gasteiger partial charge in [-0.25, -0.2) is 0 Å². The molecule has 0 atom stereocenters. The minimum absolute atomic E-state index is 0.0274. The van der Waals surface area contributed by atoms with Crippen molar-refractivity contribution >= 4 is 45.0 Å². The van der Waals surface area contributed by atoms with Gasteiger partial charge in [-0.1, -0.05) is 22.0 Å². The summed E-state index contributed by atoms with van der Waals surface area (Å²) in [4.78, 5) is 33.4. The summed E-state index contributed by atoms with van der Waals surface area (Å²) in [5, 5.41) is 33.8. The van der Waals surface area contributed by atoms with Crippen LogP contribution in [0.3, 0.4) is 0 Å². The van der Waals surface area contributed by atoms with Gasteiger partial charge >= 0.3 is 0 Å². The van der Waals surface area contributed by atoms with Gasteiger partial charge in [-0.15, -0.1) is 0 Å². The molecular weight excluding hydrogens is 548 g/mol. The van der Waals surface area contributed by atoms with Gasteiger partial charge in [-0.2, -0.15) is 5.26 Å². The number of amides is 1. The maximum Gasteiger partial charge on any atom is 0.271 e. The summed E-state index contributed by atoms with van der Waals surface area (Å²) in [5.41, 5.74) is 0.863. The fourth-order valence-corrected chi connectivity index (χ4v) is 3.55. The largest absolute Gasteiger partial charge is 0.490 e. The van der Waals surface area contributed by atoms with E-state index in [-0.39, 0.29) is 29.2 Å². The standard InChI is InChI=1S/C25H19BrN4O7/c1-2-36-23-11-17(10-18(14-27)25(31)28-19-4-3-5-21(12-19)30(34)35)22(26)13-24(23)37-15-16-6-8-20(9-7-16)29(32)33/h3-13H,2,15H2,1H3,(H,28,31)/b18-10+. The zero-order chi connectivity index (χ0) is 26.9. The number of nitro benzene ring substituents is 2. The first-order valence-corrected chi connectivity index (χ1v) is 11.5. The molecule has 3 aromatic rings. The van der Waals surface area contributed by atoms with Gasteiger partial charge in [-0.3, -0.25) is 25.0 Å². The Hall–Kier alpha value is -4.76. The third kappa shape index (κ3) is 7.12. The Kier molecular flexibility index (Phi) is 8.90. The van der Waals surface area contributed by atoms with Gasteiger partial charge in [0.05, 0.1) is 16.5 Å². The quantitative estimate of drug-likeness (QED) is 0.140. The first-order chi connectivity index (χ1) is 17.7. The molecule has 0 fully saturated rings. The van der Waals surface area contributed by atoms with Crippen molar-refractivity contribution in [2.45, 2.75) is 13.5 Å². The molecule has 37 heavy (non-hydrogen) atoms. The number of carbonyl (C=O) groups excluding carboxylic acids is 1. The number of nitro groups is 2. The zero-order valence-electron chi connectivity index (χ0n) is 19.3. The summed E-state index contributed by atoms with van der Waals surface area (Å²) >= 11 is 3.41. The Morgan fingerprint density at radius 3 is 2.32 bits per heavy atom. The van der Waals surface area contributed by atoms with E-state index < -0.39 is 15.8 Å². The highest BCUT2D eigenvalue weighted by atomic mass is 79.9. The molecule has 3 rings (SSSR count). The SMILES string of the molecule is CCOc1cc(/C=C(\C#N)C(=O)Nc2cccc([N+](=O)[O-])c2)c(Br)cc1OCc1ccc([N+](=O)[O-])cc1. The van der Waals surface area contributed by atoms with Crippen LogP contribution in [0.5, 0.6) is 11.5 Å². The van der Waals surface area contributed by atoms with Crippen LogP contribution in [-0.4, -0.2) is 22.4 Å². The first kappa shape index (κ1) is 26.8. The molecule has 1 amide bonds. The van der Waals surface area contributed by atoms with Crippen LogP contribution in [0.15, 0.2) is 70.7 Å². The highest BCUT2D eigenvalue weighted by Crippen LogP contribution is 2.35. The molecule has 0 aliphatic carbocycles. The molecule has 0 aliphatic rings. The smallest absolute Gasteiger partial charge is 0.271 e. The lowest BCUT2D eigenvalue weighted by atomic mass is 10.1. The van der Waals surface area contributed by atoms with Crippen molar-refractivity contribution in [1.82, 2.24) is 0 Å². The van der Waals surface area contributed by atoms with E-state index in [1.54, 1.807) is 31.2 Å². The number of nitriles is 1. The van der Waals surface area contributed by atoms with Crippen molar-refractivity contribution < 1.29 is 24.1 Å². The third-order valence-corrected chi connectivity index (χ3v) is 5.57. The fraction of sp³-hybridized carbons (Fsp3) is 0.120. The van der Waals surface area contributed by atoms with Crippen LogP contribution < -0.4 is 14.8 Å². The number of rotatable bonds is 10. The van der Waals surface area contributed by atoms with E-state index in [4.69, 9.17) is 9.47 Å². The molecule has 11 nitrogen and oxygen atoms in total. The van der Waals surface area contributed by atoms with Crippen LogP contribution in [0.25, 0.3) is 6.08 Å². The van der Waals surface area contributed by atoms with Gasteiger partial charge in [-0.05, 0) is 54.5 Å². The molecule has 0 heterocycles. The highest BCUT2D eigenvalue weighted by Gasteiger charge is 2.16. The Labute approximate surface area is 219 Å². The number of carbonyl (C=O) groups is 1. The minimum Gasteiger partial charge on any atom is -0.490 e. The van der Waals surface area contributed by atoms with Gasteiger partial charge in [0.1, 0.15) is 18.2 Å². The Bertz CT molecular complexity index is 1420. The first-order valence-electron chi connectivity index (χ1n) is 10.7. The predicted molar refractivity (Wildman–Crippen MR) is 138 cm³/mol. The number of non-ortho nitro benzene ring substituents is 2. The molecule has 0 spiro atoms. The van der Waals surface area contributed by atoms with E-state index in [1.165, 1.54) is 42.5 Å². The number of ether oxygens (including phenoxy) is 2. The van der Waals surface area contributed by atoms with Crippen LogP contribution in [0, 0.1) is 31.6 Å². The molecule has 3 aromatic carbocycles. The van der Waals surface area contributed by atoms with Gasteiger partial charge < -0.3 is 14.8 Å². The summed E-state index contributed by atoms with van der Waals surface area (Å²) in [7, 11) is 0. The van der Waals surface area contributed by atoms with Crippen LogP contribution in [0.4, 0.5) is 17.1 Å². The van der Waals surface area contributed by atoms with Crippen molar-refractivity contribution in [2.24, 2.45) is 0 Å². The maximum atomic E-state index is 12.7. The summed E-state index contributed by atoms with van der Waals surface area (Å²) in [6.45, 7) is 2.22. The summed E-state index contributed by atoms with van der Waals surface area (Å²) in [5.74, 6) is -0.00891. The maximum absolute atomic E-state index is 12.7. The van der Waals surface area contributed by atoms with Gasteiger partial charge in [0, 0.05) is 34.4 Å². The predicted octanol–water partition coefficient (Wildman–Crippen LogP) is 5.79. The summed E-state index contributed by atoms with van der Waals surface area (Å²) < 4.78 is 12.0. The normalized spacial score (nSPS) is 10.8. The van der Waals surface area contributed by atoms with Crippen LogP contribution in [0.2, 0.25) is 0 Å². The molecule has 1 N–H and O–H groups in total. The second-order valence-electron chi connectivity index (χ2n) is 7.40. The molecule has 188 valence electrons. The van der Waals surface area contributed by atoms with Crippen molar-refractivity contribution in [3.05, 3.63) is 102 Å². The Morgan fingerprint density at radius 2 is 1.70 bits per heavy atom. The topological polar surface area (TPSA) is 158 Å². The minimum atomic E-state index is -0.744. The van der Waals surface area contributed by atoms with Gasteiger partial charge in [0.15, 0.2) is 11.5 Å². The molecule has 12 heteroatoms. The van der Waals surface area contributed by atoms with E-state index in [9.17, 15) is 30.3 Å². The zero-order valence-corrected chi connectivity index (χ0v) is 20.9. The highest BCUT2D eigenvalue weighted by molar-refractivity contribution is 9.10. The van der Waals surface area contributed by atoms with Crippen molar-refractivity contribution in [3.8, 4) is 17.6 Å². The molecule has 0 unspecified atom stereocenters. The van der Waals surface area contributed by atoms with E-state index in [0.717, 1.165) is 0 Å². The van der Waals surface area contributed by atoms with Crippen LogP contribution in [-0.2, 0) is 11.4 Å². The van der Waals surface area contributed by atoms with E-state index >= 15 is 0 Å². The summed E-state index contributed by atoms with van der Waals surface area (Å²) in [6, 6.07) is 16.4. The van der Waals surface area contributed by atoms with E-state index in [1.807, 2.05) is 6.07 Å². The van der Waals surface area contributed by atoms with Crippen molar-refractivity contribution in [3.63, 3.8) is 0 Å². The lowest BCUT2D eigenvalue weighted by Crippen LogP contribution is -2.13. The number of halogens is 1. The van der Waals surface area contributed by atoms with Gasteiger partial charge in [0.25, 0.3) is 17.3 Å². The molecule has 0 radical (unpaired) electrons. The lowest BCUT2D eigenvalue weighted by molar-refractivity contribution is -0.385. The van der Waals surface area contributed by atoms with Crippen LogP contribution >= 0.6 is 15.9 Å². The Balaban J connectivity index is 1.82. The average molecular weight is 567 g/mol. The molecule has 0 saturated heterocycles. The van der Waals surface area contributed by atoms with E-state index in [0.29, 0.717) is 33.7 Å². The second kappa shape index (κ2) is 12.3.